The third-order valence-electron chi connectivity index (χ3n) is 4.97. The Bertz CT molecular complexity index is 1090. The number of nitrogens with zero attached hydrogens (tertiary/aromatic N) is 6. The minimum absolute atomic E-state index is 0.0830. The zero-order valence-corrected chi connectivity index (χ0v) is 14.7. The molecule has 1 aliphatic heterocycles. The molecule has 0 aliphatic carbocycles. The van der Waals surface area contributed by atoms with Crippen LogP contribution in [0.2, 0.25) is 0 Å². The number of anilines is 1. The molecule has 7 nitrogen and oxygen atoms in total. The molecular weight excluding hydrogens is 326 g/mol. The van der Waals surface area contributed by atoms with Gasteiger partial charge in [-0.05, 0) is 31.5 Å². The minimum atomic E-state index is -0.0830. The van der Waals surface area contributed by atoms with E-state index in [9.17, 15) is 0 Å². The van der Waals surface area contributed by atoms with Gasteiger partial charge in [0.25, 0.3) is 0 Å². The summed E-state index contributed by atoms with van der Waals surface area (Å²) in [5, 5.41) is 4.85. The summed E-state index contributed by atoms with van der Waals surface area (Å²) >= 11 is 0. The van der Waals surface area contributed by atoms with Crippen LogP contribution in [0.15, 0.2) is 43.1 Å². The van der Waals surface area contributed by atoms with E-state index in [0.717, 1.165) is 41.4 Å². The minimum Gasteiger partial charge on any atom is -0.348 e. The van der Waals surface area contributed by atoms with Crippen molar-refractivity contribution >= 4 is 11.3 Å². The maximum absolute atomic E-state index is 4.85. The topological polar surface area (TPSA) is 75.0 Å². The first-order valence-corrected chi connectivity index (χ1v) is 8.73. The van der Waals surface area contributed by atoms with E-state index in [0.29, 0.717) is 0 Å². The number of nitrogens with one attached hydrogen (secondary N) is 1. The number of H-pyrrole nitrogens is 1. The number of imidazole rings is 1. The number of fused-ring (bicyclic) bond motifs is 2. The van der Waals surface area contributed by atoms with Gasteiger partial charge >= 0.3 is 0 Å². The lowest BCUT2D eigenvalue weighted by atomic mass is 9.99. The van der Waals surface area contributed by atoms with Gasteiger partial charge in [-0.1, -0.05) is 6.07 Å². The molecule has 7 heteroatoms. The van der Waals surface area contributed by atoms with Crippen LogP contribution < -0.4 is 4.90 Å². The second-order valence-corrected chi connectivity index (χ2v) is 6.72. The predicted octanol–water partition coefficient (Wildman–Crippen LogP) is 2.62. The van der Waals surface area contributed by atoms with Crippen molar-refractivity contribution in [3.63, 3.8) is 0 Å². The van der Waals surface area contributed by atoms with Gasteiger partial charge in [-0.3, -0.25) is 4.98 Å². The summed E-state index contributed by atoms with van der Waals surface area (Å²) < 4.78 is 1.94. The summed E-state index contributed by atoms with van der Waals surface area (Å²) in [5.41, 5.74) is 6.36. The van der Waals surface area contributed by atoms with E-state index in [1.807, 2.05) is 29.9 Å². The Hall–Kier alpha value is -3.22. The molecule has 0 spiro atoms. The Morgan fingerprint density at radius 3 is 3.00 bits per heavy atom. The van der Waals surface area contributed by atoms with E-state index < -0.39 is 0 Å². The molecule has 0 unspecified atom stereocenters. The van der Waals surface area contributed by atoms with E-state index >= 15 is 0 Å². The SMILES string of the molecule is Cc1cncc(N2CCc3[nH]cnc3[C@@H]2c2cc3c(C)cccn3n2)n1. The van der Waals surface area contributed by atoms with Gasteiger partial charge in [0.15, 0.2) is 0 Å². The monoisotopic (exact) mass is 345 g/mol. The van der Waals surface area contributed by atoms with E-state index in [2.05, 4.69) is 38.9 Å². The first kappa shape index (κ1) is 15.1. The average Bonchev–Trinajstić information content (AvgIpc) is 3.28. The molecule has 4 aromatic heterocycles. The van der Waals surface area contributed by atoms with Crippen molar-refractivity contribution < 1.29 is 0 Å². The van der Waals surface area contributed by atoms with Crippen LogP contribution in [0.3, 0.4) is 0 Å². The molecule has 5 heterocycles. The zero-order valence-electron chi connectivity index (χ0n) is 14.7. The largest absolute Gasteiger partial charge is 0.348 e. The molecule has 0 radical (unpaired) electrons. The van der Waals surface area contributed by atoms with Crippen molar-refractivity contribution in [3.8, 4) is 0 Å². The third-order valence-corrected chi connectivity index (χ3v) is 4.97. The number of hydrogen-bond donors (Lipinski definition) is 1. The summed E-state index contributed by atoms with van der Waals surface area (Å²) in [6.45, 7) is 4.90. The second kappa shape index (κ2) is 5.66. The van der Waals surface area contributed by atoms with Crippen LogP contribution in [0.1, 0.15) is 34.4 Å². The maximum atomic E-state index is 4.85. The molecule has 0 amide bonds. The molecule has 0 saturated carbocycles. The first-order valence-electron chi connectivity index (χ1n) is 8.73. The molecule has 1 N–H and O–H groups in total. The van der Waals surface area contributed by atoms with Gasteiger partial charge in [0.05, 0.1) is 35.1 Å². The molecule has 0 saturated heterocycles. The maximum Gasteiger partial charge on any atom is 0.148 e. The molecule has 130 valence electrons. The van der Waals surface area contributed by atoms with Crippen molar-refractivity contribution in [3.05, 3.63) is 71.5 Å². The van der Waals surface area contributed by atoms with Crippen molar-refractivity contribution in [2.75, 3.05) is 11.4 Å². The molecule has 26 heavy (non-hydrogen) atoms. The molecule has 0 fully saturated rings. The fourth-order valence-electron chi connectivity index (χ4n) is 3.72. The lowest BCUT2D eigenvalue weighted by molar-refractivity contribution is 0.608. The van der Waals surface area contributed by atoms with Gasteiger partial charge in [0.2, 0.25) is 0 Å². The predicted molar refractivity (Wildman–Crippen MR) is 98.2 cm³/mol. The van der Waals surface area contributed by atoms with Crippen LogP contribution in [-0.2, 0) is 6.42 Å². The summed E-state index contributed by atoms with van der Waals surface area (Å²) in [4.78, 5) is 19.2. The van der Waals surface area contributed by atoms with Crippen LogP contribution in [-0.4, -0.2) is 36.1 Å². The van der Waals surface area contributed by atoms with Gasteiger partial charge in [0.1, 0.15) is 11.9 Å². The number of hydrogen-bond acceptors (Lipinski definition) is 5. The zero-order chi connectivity index (χ0) is 17.7. The molecule has 1 atom stereocenters. The van der Waals surface area contributed by atoms with Crippen molar-refractivity contribution in [1.29, 1.82) is 0 Å². The summed E-state index contributed by atoms with van der Waals surface area (Å²) in [5.74, 6) is 0.859. The van der Waals surface area contributed by atoms with Crippen LogP contribution in [0.25, 0.3) is 5.52 Å². The average molecular weight is 345 g/mol. The standard InChI is InChI=1S/C19H19N7/c1-12-4-3-6-26-16(12)8-15(24-26)19-18-14(21-11-22-18)5-7-25(19)17-10-20-9-13(2)23-17/h3-4,6,8-11,19H,5,7H2,1-2H3,(H,21,22)/t19-/m0/s1. The first-order chi connectivity index (χ1) is 12.7. The quantitative estimate of drug-likeness (QED) is 0.604. The van der Waals surface area contributed by atoms with Crippen LogP contribution in [0.5, 0.6) is 0 Å². The van der Waals surface area contributed by atoms with E-state index in [-0.39, 0.29) is 6.04 Å². The van der Waals surface area contributed by atoms with Crippen LogP contribution in [0.4, 0.5) is 5.82 Å². The van der Waals surface area contributed by atoms with Crippen molar-refractivity contribution in [2.24, 2.45) is 0 Å². The fourth-order valence-corrected chi connectivity index (χ4v) is 3.72. The highest BCUT2D eigenvalue weighted by Gasteiger charge is 2.34. The van der Waals surface area contributed by atoms with Gasteiger partial charge in [-0.25, -0.2) is 14.5 Å². The lowest BCUT2D eigenvalue weighted by Crippen LogP contribution is -2.37. The Kier molecular flexibility index (Phi) is 3.28. The van der Waals surface area contributed by atoms with Gasteiger partial charge in [0, 0.05) is 31.1 Å². The summed E-state index contributed by atoms with van der Waals surface area (Å²) in [6, 6.07) is 6.19. The van der Waals surface area contributed by atoms with Crippen LogP contribution >= 0.6 is 0 Å². The van der Waals surface area contributed by atoms with Gasteiger partial charge < -0.3 is 9.88 Å². The second-order valence-electron chi connectivity index (χ2n) is 6.72. The third kappa shape index (κ3) is 2.28. The highest BCUT2D eigenvalue weighted by atomic mass is 15.3. The number of rotatable bonds is 2. The number of aromatic nitrogens is 6. The molecule has 1 aliphatic rings. The van der Waals surface area contributed by atoms with E-state index in [4.69, 9.17) is 10.1 Å². The highest BCUT2D eigenvalue weighted by Crippen LogP contribution is 2.35. The molecule has 0 bridgehead atoms. The fraction of sp³-hybridized carbons (Fsp3) is 0.263. The van der Waals surface area contributed by atoms with Crippen molar-refractivity contribution in [1.82, 2.24) is 29.5 Å². The number of pyridine rings is 1. The Morgan fingerprint density at radius 1 is 1.23 bits per heavy atom. The molecule has 5 rings (SSSR count). The van der Waals surface area contributed by atoms with E-state index in [1.54, 1.807) is 12.5 Å². The van der Waals surface area contributed by atoms with Gasteiger partial charge in [-0.2, -0.15) is 5.10 Å². The number of aromatic amines is 1. The molecule has 0 aromatic carbocycles. The van der Waals surface area contributed by atoms with E-state index in [1.165, 1.54) is 11.3 Å². The lowest BCUT2D eigenvalue weighted by Gasteiger charge is -2.34. The Balaban J connectivity index is 1.69. The molecular formula is C19H19N7. The highest BCUT2D eigenvalue weighted by molar-refractivity contribution is 5.57. The Labute approximate surface area is 150 Å². The van der Waals surface area contributed by atoms with Gasteiger partial charge in [-0.15, -0.1) is 0 Å². The van der Waals surface area contributed by atoms with Crippen LogP contribution in [0, 0.1) is 13.8 Å². The number of aryl methyl sites for hydroxylation is 2. The smallest absolute Gasteiger partial charge is 0.148 e. The molecule has 4 aromatic rings. The Morgan fingerprint density at radius 2 is 2.15 bits per heavy atom. The normalized spacial score (nSPS) is 16.8. The summed E-state index contributed by atoms with van der Waals surface area (Å²) in [7, 11) is 0. The van der Waals surface area contributed by atoms with Crippen molar-refractivity contribution in [2.45, 2.75) is 26.3 Å². The summed E-state index contributed by atoms with van der Waals surface area (Å²) in [6.07, 6.45) is 8.24.